The van der Waals surface area contributed by atoms with Crippen LogP contribution in [0.4, 0.5) is 13.2 Å². The second-order valence-electron chi connectivity index (χ2n) is 6.68. The fraction of sp³-hybridized carbons (Fsp3) is 1.00. The van der Waals surface area contributed by atoms with E-state index in [9.17, 15) is 13.2 Å². The molecule has 0 unspecified atom stereocenters. The smallest absolute Gasteiger partial charge is 0.284 e. The number of halogens is 3. The molecule has 18 heavy (non-hydrogen) atoms. The Kier molecular flexibility index (Phi) is 4.41. The summed E-state index contributed by atoms with van der Waals surface area (Å²) in [7, 11) is 0. The lowest BCUT2D eigenvalue weighted by atomic mass is 9.85. The standard InChI is InChI=1S/C14H26F3N/c1-9(2)12(14(15,16)17)18(11-7-8-11)13(5,6)10(3)4/h9-12H,7-8H2,1-6H3/t12-/m0/s1. The number of nitrogens with zero attached hydrogens (tertiary/aromatic N) is 1. The van der Waals surface area contributed by atoms with E-state index in [1.807, 2.05) is 27.7 Å². The van der Waals surface area contributed by atoms with Crippen LogP contribution in [0.5, 0.6) is 0 Å². The molecule has 4 heteroatoms. The van der Waals surface area contributed by atoms with Gasteiger partial charge in [0, 0.05) is 11.6 Å². The zero-order chi connectivity index (χ0) is 14.3. The van der Waals surface area contributed by atoms with Crippen LogP contribution in [0.1, 0.15) is 54.4 Å². The van der Waals surface area contributed by atoms with Crippen molar-refractivity contribution in [1.29, 1.82) is 0 Å². The molecule has 0 aliphatic heterocycles. The van der Waals surface area contributed by atoms with Gasteiger partial charge >= 0.3 is 6.18 Å². The highest BCUT2D eigenvalue weighted by Gasteiger charge is 2.54. The van der Waals surface area contributed by atoms with Gasteiger partial charge in [-0.25, -0.2) is 0 Å². The maximum Gasteiger partial charge on any atom is 0.404 e. The van der Waals surface area contributed by atoms with Gasteiger partial charge in [-0.1, -0.05) is 27.7 Å². The van der Waals surface area contributed by atoms with E-state index >= 15 is 0 Å². The van der Waals surface area contributed by atoms with Crippen LogP contribution in [-0.4, -0.2) is 28.7 Å². The minimum atomic E-state index is -4.15. The SMILES string of the molecule is CC(C)[C@H](N(C1CC1)C(C)(C)C(C)C)C(F)(F)F. The number of rotatable bonds is 5. The number of hydrogen-bond acceptors (Lipinski definition) is 1. The summed E-state index contributed by atoms with van der Waals surface area (Å²) in [6.45, 7) is 11.2. The van der Waals surface area contributed by atoms with E-state index in [2.05, 4.69) is 0 Å². The van der Waals surface area contributed by atoms with Gasteiger partial charge in [-0.15, -0.1) is 0 Å². The third kappa shape index (κ3) is 3.19. The van der Waals surface area contributed by atoms with E-state index in [1.54, 1.807) is 18.7 Å². The van der Waals surface area contributed by atoms with E-state index in [0.29, 0.717) is 0 Å². The van der Waals surface area contributed by atoms with E-state index in [-0.39, 0.29) is 12.0 Å². The topological polar surface area (TPSA) is 3.24 Å². The molecule has 1 nitrogen and oxygen atoms in total. The van der Waals surface area contributed by atoms with E-state index < -0.39 is 23.7 Å². The minimum Gasteiger partial charge on any atom is -0.284 e. The first-order valence-electron chi connectivity index (χ1n) is 6.84. The van der Waals surface area contributed by atoms with E-state index in [4.69, 9.17) is 0 Å². The van der Waals surface area contributed by atoms with Gasteiger partial charge in [0.25, 0.3) is 0 Å². The van der Waals surface area contributed by atoms with Crippen molar-refractivity contribution >= 4 is 0 Å². The molecular weight excluding hydrogens is 239 g/mol. The average Bonchev–Trinajstić information content (AvgIpc) is 2.93. The molecule has 1 atom stereocenters. The molecule has 1 aliphatic rings. The molecule has 0 aromatic carbocycles. The largest absolute Gasteiger partial charge is 0.404 e. The first-order chi connectivity index (χ1) is 7.99. The van der Waals surface area contributed by atoms with Crippen molar-refractivity contribution in [3.63, 3.8) is 0 Å². The van der Waals surface area contributed by atoms with Crippen molar-refractivity contribution in [2.45, 2.75) is 78.2 Å². The predicted molar refractivity (Wildman–Crippen MR) is 68.5 cm³/mol. The van der Waals surface area contributed by atoms with Crippen LogP contribution in [0.3, 0.4) is 0 Å². The molecule has 1 fully saturated rings. The molecule has 0 radical (unpaired) electrons. The van der Waals surface area contributed by atoms with Crippen molar-refractivity contribution in [2.24, 2.45) is 11.8 Å². The van der Waals surface area contributed by atoms with Crippen molar-refractivity contribution < 1.29 is 13.2 Å². The Labute approximate surface area is 109 Å². The molecule has 0 saturated heterocycles. The highest BCUT2D eigenvalue weighted by atomic mass is 19.4. The second kappa shape index (κ2) is 5.03. The molecule has 1 aliphatic carbocycles. The van der Waals surface area contributed by atoms with Crippen LogP contribution >= 0.6 is 0 Å². The van der Waals surface area contributed by atoms with Gasteiger partial charge in [0.1, 0.15) is 6.04 Å². The monoisotopic (exact) mass is 265 g/mol. The van der Waals surface area contributed by atoms with E-state index in [0.717, 1.165) is 12.8 Å². The van der Waals surface area contributed by atoms with Gasteiger partial charge in [0.05, 0.1) is 0 Å². The number of alkyl halides is 3. The van der Waals surface area contributed by atoms with Crippen LogP contribution in [-0.2, 0) is 0 Å². The molecule has 0 N–H and O–H groups in total. The van der Waals surface area contributed by atoms with Gasteiger partial charge in [-0.2, -0.15) is 13.2 Å². The molecule has 0 heterocycles. The Hall–Kier alpha value is -0.250. The van der Waals surface area contributed by atoms with Crippen molar-refractivity contribution in [2.75, 3.05) is 0 Å². The van der Waals surface area contributed by atoms with Crippen LogP contribution in [0.2, 0.25) is 0 Å². The Bertz CT molecular complexity index is 277. The van der Waals surface area contributed by atoms with Gasteiger partial charge in [-0.05, 0) is 38.5 Å². The fourth-order valence-corrected chi connectivity index (χ4v) is 2.56. The van der Waals surface area contributed by atoms with Gasteiger partial charge in [0.15, 0.2) is 0 Å². The Balaban J connectivity index is 3.10. The highest BCUT2D eigenvalue weighted by Crippen LogP contribution is 2.44. The third-order valence-electron chi connectivity index (χ3n) is 4.29. The average molecular weight is 265 g/mol. The molecule has 0 aromatic rings. The zero-order valence-corrected chi connectivity index (χ0v) is 12.3. The molecule has 0 spiro atoms. The predicted octanol–water partition coefficient (Wildman–Crippen LogP) is 4.47. The van der Waals surface area contributed by atoms with Crippen LogP contribution in [0.25, 0.3) is 0 Å². The van der Waals surface area contributed by atoms with Gasteiger partial charge < -0.3 is 0 Å². The summed E-state index contributed by atoms with van der Waals surface area (Å²) >= 11 is 0. The van der Waals surface area contributed by atoms with Crippen molar-refractivity contribution in [3.05, 3.63) is 0 Å². The lowest BCUT2D eigenvalue weighted by molar-refractivity contribution is -0.214. The molecule has 1 rings (SSSR count). The van der Waals surface area contributed by atoms with Gasteiger partial charge in [-0.3, -0.25) is 4.90 Å². The summed E-state index contributed by atoms with van der Waals surface area (Å²) in [5.41, 5.74) is -0.425. The summed E-state index contributed by atoms with van der Waals surface area (Å²) in [5.74, 6) is -0.217. The second-order valence-corrected chi connectivity index (χ2v) is 6.68. The fourth-order valence-electron chi connectivity index (χ4n) is 2.56. The molecule has 1 saturated carbocycles. The molecule has 0 bridgehead atoms. The zero-order valence-electron chi connectivity index (χ0n) is 12.3. The Morgan fingerprint density at radius 1 is 1.00 bits per heavy atom. The van der Waals surface area contributed by atoms with Crippen molar-refractivity contribution in [3.8, 4) is 0 Å². The summed E-state index contributed by atoms with van der Waals surface area (Å²) in [6.07, 6.45) is -2.35. The van der Waals surface area contributed by atoms with Crippen molar-refractivity contribution in [1.82, 2.24) is 4.90 Å². The maximum atomic E-state index is 13.4. The quantitative estimate of drug-likeness (QED) is 0.708. The summed E-state index contributed by atoms with van der Waals surface area (Å²) < 4.78 is 40.1. The summed E-state index contributed by atoms with van der Waals surface area (Å²) in [5, 5.41) is 0. The minimum absolute atomic E-state index is 0.108. The first kappa shape index (κ1) is 15.8. The summed E-state index contributed by atoms with van der Waals surface area (Å²) in [6, 6.07) is -1.22. The first-order valence-corrected chi connectivity index (χ1v) is 6.84. The lowest BCUT2D eigenvalue weighted by Crippen LogP contribution is -2.60. The van der Waals surface area contributed by atoms with Crippen LogP contribution in [0.15, 0.2) is 0 Å². The number of hydrogen-bond donors (Lipinski definition) is 0. The van der Waals surface area contributed by atoms with Gasteiger partial charge in [0.2, 0.25) is 0 Å². The van der Waals surface area contributed by atoms with Crippen LogP contribution in [0, 0.1) is 11.8 Å². The Morgan fingerprint density at radius 3 is 1.67 bits per heavy atom. The normalized spacial score (nSPS) is 20.0. The Morgan fingerprint density at radius 2 is 1.44 bits per heavy atom. The van der Waals surface area contributed by atoms with Crippen LogP contribution < -0.4 is 0 Å². The summed E-state index contributed by atoms with van der Waals surface area (Å²) in [4.78, 5) is 1.74. The highest BCUT2D eigenvalue weighted by molar-refractivity contribution is 5.01. The molecule has 0 aromatic heterocycles. The third-order valence-corrected chi connectivity index (χ3v) is 4.29. The van der Waals surface area contributed by atoms with E-state index in [1.165, 1.54) is 0 Å². The molecule has 108 valence electrons. The maximum absolute atomic E-state index is 13.4. The lowest BCUT2D eigenvalue weighted by Gasteiger charge is -2.48. The molecular formula is C14H26F3N. The molecule has 0 amide bonds.